The Hall–Kier alpha value is -2.34. The van der Waals surface area contributed by atoms with Gasteiger partial charge in [0, 0.05) is 18.5 Å². The number of carbonyl (C=O) groups is 1. The lowest BCUT2D eigenvalue weighted by molar-refractivity contribution is 0.0981. The van der Waals surface area contributed by atoms with E-state index in [4.69, 9.17) is 4.74 Å². The first-order valence-electron chi connectivity index (χ1n) is 7.66. The number of fused-ring (bicyclic) bond motifs is 1. The van der Waals surface area contributed by atoms with E-state index in [1.807, 2.05) is 13.8 Å². The molecule has 0 spiro atoms. The lowest BCUT2D eigenvalue weighted by Gasteiger charge is -2.31. The van der Waals surface area contributed by atoms with Gasteiger partial charge in [0.15, 0.2) is 5.78 Å². The molecule has 3 rings (SSSR count). The summed E-state index contributed by atoms with van der Waals surface area (Å²) >= 11 is 0. The molecule has 2 aromatic carbocycles. The largest absolute Gasteiger partial charge is 0.495 e. The van der Waals surface area contributed by atoms with Crippen molar-refractivity contribution in [3.63, 3.8) is 0 Å². The molecule has 0 atom stereocenters. The van der Waals surface area contributed by atoms with E-state index in [1.54, 1.807) is 36.4 Å². The van der Waals surface area contributed by atoms with Crippen molar-refractivity contribution in [2.24, 2.45) is 0 Å². The minimum Gasteiger partial charge on any atom is -0.495 e. The SMILES string of the molecule is COc1cccc2c1N(S(=O)(=O)c1ccc(C)c(C)c1)CCC2=O. The minimum atomic E-state index is -3.77. The molecule has 0 aliphatic carbocycles. The van der Waals surface area contributed by atoms with Crippen molar-refractivity contribution in [3.05, 3.63) is 53.1 Å². The number of hydrogen-bond acceptors (Lipinski definition) is 4. The second kappa shape index (κ2) is 5.94. The van der Waals surface area contributed by atoms with Crippen LogP contribution in [0.15, 0.2) is 41.3 Å². The number of aryl methyl sites for hydroxylation is 2. The van der Waals surface area contributed by atoms with E-state index in [1.165, 1.54) is 11.4 Å². The summed E-state index contributed by atoms with van der Waals surface area (Å²) in [4.78, 5) is 12.4. The molecule has 0 saturated carbocycles. The highest BCUT2D eigenvalue weighted by Crippen LogP contribution is 2.39. The number of methoxy groups -OCH3 is 1. The number of sulfonamides is 1. The Balaban J connectivity index is 2.18. The van der Waals surface area contributed by atoms with Gasteiger partial charge >= 0.3 is 0 Å². The first-order chi connectivity index (χ1) is 11.4. The molecular weight excluding hydrogens is 326 g/mol. The van der Waals surface area contributed by atoms with Crippen LogP contribution in [0.1, 0.15) is 27.9 Å². The van der Waals surface area contributed by atoms with Gasteiger partial charge in [-0.15, -0.1) is 0 Å². The first kappa shape index (κ1) is 16.5. The van der Waals surface area contributed by atoms with E-state index in [0.717, 1.165) is 11.1 Å². The summed E-state index contributed by atoms with van der Waals surface area (Å²) in [6.45, 7) is 3.92. The molecule has 0 amide bonds. The standard InChI is InChI=1S/C18H19NO4S/c1-12-7-8-14(11-13(12)2)24(21,22)19-10-9-16(20)15-5-4-6-17(23-3)18(15)19/h4-8,11H,9-10H2,1-3H3. The molecule has 1 aliphatic rings. The molecule has 1 aliphatic heterocycles. The van der Waals surface area contributed by atoms with Crippen LogP contribution in [-0.4, -0.2) is 27.9 Å². The van der Waals surface area contributed by atoms with Gasteiger partial charge in [0.2, 0.25) is 0 Å². The van der Waals surface area contributed by atoms with E-state index < -0.39 is 10.0 Å². The van der Waals surface area contributed by atoms with Crippen LogP contribution < -0.4 is 9.04 Å². The Kier molecular flexibility index (Phi) is 4.09. The predicted molar refractivity (Wildman–Crippen MR) is 92.4 cm³/mol. The minimum absolute atomic E-state index is 0.0737. The third kappa shape index (κ3) is 2.57. The molecule has 0 bridgehead atoms. The number of Topliss-reactive ketones (excluding diaryl/α,β-unsaturated/α-hetero) is 1. The fourth-order valence-corrected chi connectivity index (χ4v) is 4.44. The highest BCUT2D eigenvalue weighted by Gasteiger charge is 2.34. The summed E-state index contributed by atoms with van der Waals surface area (Å²) < 4.78 is 32.9. The van der Waals surface area contributed by atoms with Gasteiger partial charge in [0.25, 0.3) is 10.0 Å². The molecule has 2 aromatic rings. The zero-order valence-electron chi connectivity index (χ0n) is 13.9. The number of ketones is 1. The molecule has 5 nitrogen and oxygen atoms in total. The van der Waals surface area contributed by atoms with Crippen LogP contribution in [0.5, 0.6) is 5.75 Å². The van der Waals surface area contributed by atoms with Crippen molar-refractivity contribution in [2.75, 3.05) is 18.0 Å². The van der Waals surface area contributed by atoms with Crippen LogP contribution in [0.2, 0.25) is 0 Å². The lowest BCUT2D eigenvalue weighted by Crippen LogP contribution is -2.37. The highest BCUT2D eigenvalue weighted by molar-refractivity contribution is 7.92. The van der Waals surface area contributed by atoms with E-state index in [9.17, 15) is 13.2 Å². The molecule has 0 N–H and O–H groups in total. The smallest absolute Gasteiger partial charge is 0.264 e. The van der Waals surface area contributed by atoms with Crippen LogP contribution >= 0.6 is 0 Å². The maximum absolute atomic E-state index is 13.1. The first-order valence-corrected chi connectivity index (χ1v) is 9.10. The zero-order valence-corrected chi connectivity index (χ0v) is 14.7. The summed E-state index contributed by atoms with van der Waals surface area (Å²) in [5.74, 6) is 0.309. The quantitative estimate of drug-likeness (QED) is 0.857. The Morgan fingerprint density at radius 3 is 2.50 bits per heavy atom. The molecular formula is C18H19NO4S. The van der Waals surface area contributed by atoms with Crippen molar-refractivity contribution in [1.29, 1.82) is 0 Å². The molecule has 0 fully saturated rings. The van der Waals surface area contributed by atoms with Crippen molar-refractivity contribution < 1.29 is 17.9 Å². The number of carbonyl (C=O) groups excluding carboxylic acids is 1. The third-order valence-corrected chi connectivity index (χ3v) is 6.17. The summed E-state index contributed by atoms with van der Waals surface area (Å²) in [6.07, 6.45) is 0.157. The third-order valence-electron chi connectivity index (χ3n) is 4.38. The number of benzene rings is 2. The molecule has 6 heteroatoms. The van der Waals surface area contributed by atoms with Crippen molar-refractivity contribution >= 4 is 21.5 Å². The molecule has 1 heterocycles. The van der Waals surface area contributed by atoms with Gasteiger partial charge in [0.05, 0.1) is 12.0 Å². The molecule has 0 radical (unpaired) electrons. The van der Waals surface area contributed by atoms with Gasteiger partial charge in [-0.05, 0) is 49.2 Å². The Labute approximate surface area is 141 Å². The van der Waals surface area contributed by atoms with E-state index in [-0.39, 0.29) is 23.6 Å². The maximum atomic E-state index is 13.1. The Morgan fingerprint density at radius 1 is 1.08 bits per heavy atom. The van der Waals surface area contributed by atoms with Crippen molar-refractivity contribution in [3.8, 4) is 5.75 Å². The number of hydrogen-bond donors (Lipinski definition) is 0. The van der Waals surface area contributed by atoms with Crippen LogP contribution in [0.25, 0.3) is 0 Å². The second-order valence-corrected chi connectivity index (χ2v) is 7.72. The number of para-hydroxylation sites is 1. The highest BCUT2D eigenvalue weighted by atomic mass is 32.2. The van der Waals surface area contributed by atoms with E-state index >= 15 is 0 Å². The number of ether oxygens (including phenoxy) is 1. The summed E-state index contributed by atoms with van der Waals surface area (Å²) in [6, 6.07) is 10.1. The number of anilines is 1. The average molecular weight is 345 g/mol. The molecule has 0 unspecified atom stereocenters. The fourth-order valence-electron chi connectivity index (χ4n) is 2.86. The topological polar surface area (TPSA) is 63.7 Å². The average Bonchev–Trinajstić information content (AvgIpc) is 2.57. The van der Waals surface area contributed by atoms with Gasteiger partial charge in [0.1, 0.15) is 11.4 Å². The van der Waals surface area contributed by atoms with Gasteiger partial charge in [-0.2, -0.15) is 0 Å². The Morgan fingerprint density at radius 2 is 1.83 bits per heavy atom. The predicted octanol–water partition coefficient (Wildman–Crippen LogP) is 3.09. The molecule has 24 heavy (non-hydrogen) atoms. The Bertz CT molecular complexity index is 919. The van der Waals surface area contributed by atoms with Crippen molar-refractivity contribution in [2.45, 2.75) is 25.2 Å². The molecule has 0 saturated heterocycles. The maximum Gasteiger partial charge on any atom is 0.264 e. The summed E-state index contributed by atoms with van der Waals surface area (Å²) in [5.41, 5.74) is 2.65. The summed E-state index contributed by atoms with van der Waals surface area (Å²) in [5, 5.41) is 0. The second-order valence-electron chi connectivity index (χ2n) is 5.85. The fraction of sp³-hybridized carbons (Fsp3) is 0.278. The van der Waals surface area contributed by atoms with E-state index in [2.05, 4.69) is 0 Å². The van der Waals surface area contributed by atoms with Crippen LogP contribution in [0, 0.1) is 13.8 Å². The normalized spacial score (nSPS) is 14.5. The van der Waals surface area contributed by atoms with Crippen molar-refractivity contribution in [1.82, 2.24) is 0 Å². The molecule has 0 aromatic heterocycles. The zero-order chi connectivity index (χ0) is 17.5. The van der Waals surface area contributed by atoms with Crippen LogP contribution in [0.4, 0.5) is 5.69 Å². The molecule has 126 valence electrons. The van der Waals surface area contributed by atoms with Gasteiger partial charge in [-0.3, -0.25) is 9.10 Å². The van der Waals surface area contributed by atoms with Gasteiger partial charge < -0.3 is 4.74 Å². The van der Waals surface area contributed by atoms with Crippen LogP contribution in [0.3, 0.4) is 0 Å². The van der Waals surface area contributed by atoms with Crippen LogP contribution in [-0.2, 0) is 10.0 Å². The lowest BCUT2D eigenvalue weighted by atomic mass is 10.0. The van der Waals surface area contributed by atoms with Gasteiger partial charge in [-0.25, -0.2) is 8.42 Å². The number of rotatable bonds is 3. The monoisotopic (exact) mass is 345 g/mol. The van der Waals surface area contributed by atoms with Gasteiger partial charge in [-0.1, -0.05) is 12.1 Å². The number of nitrogens with zero attached hydrogens (tertiary/aromatic N) is 1. The summed E-state index contributed by atoms with van der Waals surface area (Å²) in [7, 11) is -2.30. The van der Waals surface area contributed by atoms with E-state index in [0.29, 0.717) is 17.0 Å².